The van der Waals surface area contributed by atoms with Crippen molar-refractivity contribution in [1.82, 2.24) is 4.31 Å². The Kier molecular flexibility index (Phi) is 6.14. The first kappa shape index (κ1) is 21.1. The van der Waals surface area contributed by atoms with Crippen LogP contribution in [0.25, 0.3) is 0 Å². The summed E-state index contributed by atoms with van der Waals surface area (Å²) in [5.74, 6) is -1.33. The Balaban J connectivity index is 1.64. The first-order valence-electron chi connectivity index (χ1n) is 9.36. The number of aryl methyl sites for hydroxylation is 1. The zero-order valence-electron chi connectivity index (χ0n) is 16.3. The van der Waals surface area contributed by atoms with Gasteiger partial charge in [-0.2, -0.15) is 4.31 Å². The Morgan fingerprint density at radius 3 is 2.28 bits per heavy atom. The summed E-state index contributed by atoms with van der Waals surface area (Å²) in [6.45, 7) is 3.62. The molecular weight excluding hydrogens is 395 g/mol. The van der Waals surface area contributed by atoms with Crippen molar-refractivity contribution in [2.75, 3.05) is 18.4 Å². The molecule has 0 saturated carbocycles. The van der Waals surface area contributed by atoms with Gasteiger partial charge in [0.25, 0.3) is 0 Å². The van der Waals surface area contributed by atoms with Gasteiger partial charge in [-0.25, -0.2) is 12.8 Å². The molecule has 1 aliphatic heterocycles. The van der Waals surface area contributed by atoms with Gasteiger partial charge in [-0.1, -0.05) is 18.2 Å². The number of amides is 1. The van der Waals surface area contributed by atoms with E-state index in [-0.39, 0.29) is 41.3 Å². The Hall–Kier alpha value is -2.58. The number of ketones is 1. The third-order valence-electron chi connectivity index (χ3n) is 5.10. The first-order chi connectivity index (χ1) is 13.7. The van der Waals surface area contributed by atoms with Crippen LogP contribution in [0.3, 0.4) is 0 Å². The largest absolute Gasteiger partial charge is 0.323 e. The first-order valence-corrected chi connectivity index (χ1v) is 10.8. The number of carbonyl (C=O) groups is 2. The SMILES string of the molecule is CC(=O)c1ccc(S(=O)(=O)N2CCC(C(=O)Nc3cc(C)ccc3F)CC2)cc1. The number of anilines is 1. The summed E-state index contributed by atoms with van der Waals surface area (Å²) in [6, 6.07) is 10.3. The van der Waals surface area contributed by atoms with Crippen LogP contribution in [0.4, 0.5) is 10.1 Å². The summed E-state index contributed by atoms with van der Waals surface area (Å²) in [6.07, 6.45) is 0.702. The molecule has 0 atom stereocenters. The van der Waals surface area contributed by atoms with E-state index in [0.717, 1.165) is 5.56 Å². The molecule has 1 aliphatic rings. The van der Waals surface area contributed by atoms with Crippen molar-refractivity contribution in [2.24, 2.45) is 5.92 Å². The van der Waals surface area contributed by atoms with E-state index >= 15 is 0 Å². The third-order valence-corrected chi connectivity index (χ3v) is 7.02. The molecule has 0 bridgehead atoms. The van der Waals surface area contributed by atoms with Gasteiger partial charge in [-0.15, -0.1) is 0 Å². The Labute approximate surface area is 169 Å². The van der Waals surface area contributed by atoms with Crippen molar-refractivity contribution in [3.8, 4) is 0 Å². The molecule has 1 saturated heterocycles. The number of piperidine rings is 1. The van der Waals surface area contributed by atoms with Crippen LogP contribution >= 0.6 is 0 Å². The lowest BCUT2D eigenvalue weighted by Crippen LogP contribution is -2.41. The van der Waals surface area contributed by atoms with Crippen LogP contribution in [0, 0.1) is 18.7 Å². The van der Waals surface area contributed by atoms with Crippen LogP contribution in [-0.2, 0) is 14.8 Å². The van der Waals surface area contributed by atoms with Crippen LogP contribution in [0.5, 0.6) is 0 Å². The molecule has 29 heavy (non-hydrogen) atoms. The molecule has 1 N–H and O–H groups in total. The summed E-state index contributed by atoms with van der Waals surface area (Å²) in [5, 5.41) is 2.61. The highest BCUT2D eigenvalue weighted by Crippen LogP contribution is 2.26. The van der Waals surface area contributed by atoms with Crippen molar-refractivity contribution < 1.29 is 22.4 Å². The van der Waals surface area contributed by atoms with Crippen LogP contribution in [0.15, 0.2) is 47.4 Å². The van der Waals surface area contributed by atoms with E-state index in [0.29, 0.717) is 18.4 Å². The van der Waals surface area contributed by atoms with Crippen LogP contribution < -0.4 is 5.32 Å². The molecular formula is C21H23FN2O4S. The number of sulfonamides is 1. The van der Waals surface area contributed by atoms with Crippen LogP contribution in [0.1, 0.15) is 35.7 Å². The number of carbonyl (C=O) groups excluding carboxylic acids is 2. The maximum atomic E-state index is 13.9. The summed E-state index contributed by atoms with van der Waals surface area (Å²) >= 11 is 0. The molecule has 0 aliphatic carbocycles. The zero-order chi connectivity index (χ0) is 21.2. The van der Waals surface area contributed by atoms with Gasteiger partial charge >= 0.3 is 0 Å². The Morgan fingerprint density at radius 2 is 1.69 bits per heavy atom. The minimum absolute atomic E-state index is 0.118. The van der Waals surface area contributed by atoms with E-state index in [1.807, 2.05) is 0 Å². The van der Waals surface area contributed by atoms with Crippen molar-refractivity contribution >= 4 is 27.4 Å². The van der Waals surface area contributed by atoms with E-state index in [1.54, 1.807) is 19.1 Å². The second-order valence-corrected chi connectivity index (χ2v) is 9.17. The number of rotatable bonds is 5. The van der Waals surface area contributed by atoms with Gasteiger partial charge in [-0.3, -0.25) is 9.59 Å². The average molecular weight is 418 g/mol. The van der Waals surface area contributed by atoms with Gasteiger partial charge in [0.1, 0.15) is 5.82 Å². The predicted octanol–water partition coefficient (Wildman–Crippen LogP) is 3.38. The molecule has 0 aromatic heterocycles. The molecule has 2 aromatic rings. The van der Waals surface area contributed by atoms with Gasteiger partial charge in [0, 0.05) is 24.6 Å². The van der Waals surface area contributed by atoms with E-state index in [4.69, 9.17) is 0 Å². The second kappa shape index (κ2) is 8.42. The fourth-order valence-electron chi connectivity index (χ4n) is 3.34. The lowest BCUT2D eigenvalue weighted by Gasteiger charge is -2.30. The van der Waals surface area contributed by atoms with Crippen molar-refractivity contribution in [3.05, 3.63) is 59.4 Å². The highest BCUT2D eigenvalue weighted by Gasteiger charge is 2.32. The fraction of sp³-hybridized carbons (Fsp3) is 0.333. The number of Topliss-reactive ketones (excluding diaryl/α,β-unsaturated/α-hetero) is 1. The van der Waals surface area contributed by atoms with Gasteiger partial charge < -0.3 is 5.32 Å². The monoisotopic (exact) mass is 418 g/mol. The highest BCUT2D eigenvalue weighted by atomic mass is 32.2. The smallest absolute Gasteiger partial charge is 0.243 e. The second-order valence-electron chi connectivity index (χ2n) is 7.23. The molecule has 8 heteroatoms. The molecule has 6 nitrogen and oxygen atoms in total. The molecule has 1 fully saturated rings. The molecule has 1 amide bonds. The lowest BCUT2D eigenvalue weighted by atomic mass is 9.97. The van der Waals surface area contributed by atoms with E-state index in [2.05, 4.69) is 5.32 Å². The van der Waals surface area contributed by atoms with E-state index in [1.165, 1.54) is 41.6 Å². The van der Waals surface area contributed by atoms with Gasteiger partial charge in [0.05, 0.1) is 10.6 Å². The van der Waals surface area contributed by atoms with Gasteiger partial charge in [-0.05, 0) is 56.5 Å². The summed E-state index contributed by atoms with van der Waals surface area (Å²) in [7, 11) is -3.69. The molecule has 0 unspecified atom stereocenters. The summed E-state index contributed by atoms with van der Waals surface area (Å²) in [4.78, 5) is 24.0. The summed E-state index contributed by atoms with van der Waals surface area (Å²) in [5.41, 5.74) is 1.41. The maximum absolute atomic E-state index is 13.9. The minimum Gasteiger partial charge on any atom is -0.323 e. The lowest BCUT2D eigenvalue weighted by molar-refractivity contribution is -0.120. The predicted molar refractivity (Wildman–Crippen MR) is 108 cm³/mol. The number of hydrogen-bond donors (Lipinski definition) is 1. The van der Waals surface area contributed by atoms with Crippen molar-refractivity contribution in [3.63, 3.8) is 0 Å². The number of nitrogens with zero attached hydrogens (tertiary/aromatic N) is 1. The van der Waals surface area contributed by atoms with Crippen LogP contribution in [-0.4, -0.2) is 37.5 Å². The van der Waals surface area contributed by atoms with Crippen molar-refractivity contribution in [1.29, 1.82) is 0 Å². The minimum atomic E-state index is -3.69. The van der Waals surface area contributed by atoms with Crippen LogP contribution in [0.2, 0.25) is 0 Å². The molecule has 2 aromatic carbocycles. The molecule has 154 valence electrons. The molecule has 3 rings (SSSR count). The fourth-order valence-corrected chi connectivity index (χ4v) is 4.81. The Bertz CT molecular complexity index is 1030. The Morgan fingerprint density at radius 1 is 1.07 bits per heavy atom. The molecule has 1 heterocycles. The molecule has 0 radical (unpaired) electrons. The quantitative estimate of drug-likeness (QED) is 0.755. The van der Waals surface area contributed by atoms with E-state index < -0.39 is 15.8 Å². The topological polar surface area (TPSA) is 83.6 Å². The zero-order valence-corrected chi connectivity index (χ0v) is 17.1. The standard InChI is InChI=1S/C21H23FN2O4S/c1-14-3-8-19(22)20(13-14)23-21(26)17-9-11-24(12-10-17)29(27,28)18-6-4-16(5-7-18)15(2)25/h3-8,13,17H,9-12H2,1-2H3,(H,23,26). The van der Waals surface area contributed by atoms with E-state index in [9.17, 15) is 22.4 Å². The number of hydrogen-bond acceptors (Lipinski definition) is 4. The van der Waals surface area contributed by atoms with Gasteiger partial charge in [0.15, 0.2) is 5.78 Å². The average Bonchev–Trinajstić information content (AvgIpc) is 2.71. The number of benzene rings is 2. The van der Waals surface area contributed by atoms with Gasteiger partial charge in [0.2, 0.25) is 15.9 Å². The normalized spacial score (nSPS) is 15.8. The summed E-state index contributed by atoms with van der Waals surface area (Å²) < 4.78 is 40.8. The third kappa shape index (κ3) is 4.71. The number of halogens is 1. The number of nitrogens with one attached hydrogen (secondary N) is 1. The highest BCUT2D eigenvalue weighted by molar-refractivity contribution is 7.89. The maximum Gasteiger partial charge on any atom is 0.243 e. The molecule has 0 spiro atoms. The van der Waals surface area contributed by atoms with Crippen molar-refractivity contribution in [2.45, 2.75) is 31.6 Å².